The summed E-state index contributed by atoms with van der Waals surface area (Å²) in [5.41, 5.74) is 1.20. The fourth-order valence-corrected chi connectivity index (χ4v) is 2.39. The van der Waals surface area contributed by atoms with Crippen molar-refractivity contribution < 1.29 is 9.47 Å². The summed E-state index contributed by atoms with van der Waals surface area (Å²) in [6.45, 7) is 7.79. The van der Waals surface area contributed by atoms with Crippen molar-refractivity contribution in [1.82, 2.24) is 5.32 Å². The Morgan fingerprint density at radius 2 is 1.95 bits per heavy atom. The number of para-hydroxylation sites is 1. The Morgan fingerprint density at radius 3 is 2.65 bits per heavy atom. The van der Waals surface area contributed by atoms with Gasteiger partial charge in [-0.2, -0.15) is 0 Å². The molecule has 0 heterocycles. The van der Waals surface area contributed by atoms with Crippen molar-refractivity contribution in [1.29, 1.82) is 0 Å². The Morgan fingerprint density at radius 1 is 1.20 bits per heavy atom. The summed E-state index contributed by atoms with van der Waals surface area (Å²) < 4.78 is 12.0. The molecule has 0 amide bonds. The molecule has 114 valence electrons. The number of benzene rings is 1. The zero-order chi connectivity index (χ0) is 14.8. The summed E-state index contributed by atoms with van der Waals surface area (Å²) in [6, 6.07) is 6.19. The Balaban J connectivity index is 2.49. The molecule has 1 aromatic carbocycles. The van der Waals surface area contributed by atoms with Crippen LogP contribution in [0.4, 0.5) is 0 Å². The van der Waals surface area contributed by atoms with E-state index in [4.69, 9.17) is 9.47 Å². The first-order valence-electron chi connectivity index (χ1n) is 7.25. The van der Waals surface area contributed by atoms with Crippen molar-refractivity contribution >= 4 is 15.9 Å². The normalized spacial score (nSPS) is 11.1. The van der Waals surface area contributed by atoms with E-state index in [-0.39, 0.29) is 0 Å². The zero-order valence-electron chi connectivity index (χ0n) is 12.7. The highest BCUT2D eigenvalue weighted by atomic mass is 79.9. The molecule has 0 bridgehead atoms. The molecule has 0 radical (unpaired) electrons. The molecule has 0 fully saturated rings. The topological polar surface area (TPSA) is 30.5 Å². The van der Waals surface area contributed by atoms with E-state index in [1.54, 1.807) is 7.11 Å². The summed E-state index contributed by atoms with van der Waals surface area (Å²) in [5.74, 6) is 1.61. The van der Waals surface area contributed by atoms with Crippen molar-refractivity contribution in [2.24, 2.45) is 5.92 Å². The SMILES string of the molecule is COCCCCOc1c(Br)cccc1CNCC(C)C. The van der Waals surface area contributed by atoms with Gasteiger partial charge in [0.2, 0.25) is 0 Å². The van der Waals surface area contributed by atoms with E-state index < -0.39 is 0 Å². The predicted molar refractivity (Wildman–Crippen MR) is 87.3 cm³/mol. The summed E-state index contributed by atoms with van der Waals surface area (Å²) >= 11 is 3.57. The second-order valence-corrected chi connectivity index (χ2v) is 6.16. The number of halogens is 1. The van der Waals surface area contributed by atoms with Gasteiger partial charge in [-0.05, 0) is 47.3 Å². The third-order valence-electron chi connectivity index (χ3n) is 2.91. The number of hydrogen-bond acceptors (Lipinski definition) is 3. The van der Waals surface area contributed by atoms with Gasteiger partial charge in [0.25, 0.3) is 0 Å². The molecular weight excluding hydrogens is 318 g/mol. The lowest BCUT2D eigenvalue weighted by Gasteiger charge is -2.14. The van der Waals surface area contributed by atoms with Crippen molar-refractivity contribution in [3.63, 3.8) is 0 Å². The number of methoxy groups -OCH3 is 1. The van der Waals surface area contributed by atoms with Crippen LogP contribution < -0.4 is 10.1 Å². The van der Waals surface area contributed by atoms with E-state index in [0.29, 0.717) is 5.92 Å². The number of hydrogen-bond donors (Lipinski definition) is 1. The summed E-state index contributed by atoms with van der Waals surface area (Å²) in [5, 5.41) is 3.46. The third kappa shape index (κ3) is 6.73. The highest BCUT2D eigenvalue weighted by Gasteiger charge is 2.08. The fourth-order valence-electron chi connectivity index (χ4n) is 1.87. The minimum Gasteiger partial charge on any atom is -0.492 e. The van der Waals surface area contributed by atoms with Gasteiger partial charge in [-0.15, -0.1) is 0 Å². The first-order valence-corrected chi connectivity index (χ1v) is 8.04. The predicted octanol–water partition coefficient (Wildman–Crippen LogP) is 4.00. The van der Waals surface area contributed by atoms with Gasteiger partial charge < -0.3 is 14.8 Å². The maximum absolute atomic E-state index is 5.93. The maximum atomic E-state index is 5.93. The van der Waals surface area contributed by atoms with Gasteiger partial charge in [0.05, 0.1) is 11.1 Å². The molecule has 20 heavy (non-hydrogen) atoms. The minimum absolute atomic E-state index is 0.653. The Hall–Kier alpha value is -0.580. The monoisotopic (exact) mass is 343 g/mol. The maximum Gasteiger partial charge on any atom is 0.137 e. The van der Waals surface area contributed by atoms with Crippen LogP contribution in [-0.4, -0.2) is 26.9 Å². The van der Waals surface area contributed by atoms with Crippen LogP contribution in [0.15, 0.2) is 22.7 Å². The fraction of sp³-hybridized carbons (Fsp3) is 0.625. The summed E-state index contributed by atoms with van der Waals surface area (Å²) in [4.78, 5) is 0. The summed E-state index contributed by atoms with van der Waals surface area (Å²) in [6.07, 6.45) is 2.04. The van der Waals surface area contributed by atoms with Crippen LogP contribution in [0.25, 0.3) is 0 Å². The molecule has 0 aliphatic rings. The Labute approximate surface area is 131 Å². The molecule has 1 rings (SSSR count). The van der Waals surface area contributed by atoms with Gasteiger partial charge in [-0.25, -0.2) is 0 Å². The van der Waals surface area contributed by atoms with E-state index in [0.717, 1.165) is 49.4 Å². The largest absolute Gasteiger partial charge is 0.492 e. The Kier molecular flexibility index (Phi) is 8.90. The Bertz CT molecular complexity index is 383. The lowest BCUT2D eigenvalue weighted by molar-refractivity contribution is 0.184. The molecule has 0 saturated carbocycles. The van der Waals surface area contributed by atoms with Crippen LogP contribution >= 0.6 is 15.9 Å². The van der Waals surface area contributed by atoms with E-state index in [9.17, 15) is 0 Å². The van der Waals surface area contributed by atoms with Gasteiger partial charge >= 0.3 is 0 Å². The zero-order valence-corrected chi connectivity index (χ0v) is 14.3. The molecule has 0 aliphatic heterocycles. The lowest BCUT2D eigenvalue weighted by Crippen LogP contribution is -2.19. The molecule has 0 unspecified atom stereocenters. The number of ether oxygens (including phenoxy) is 2. The van der Waals surface area contributed by atoms with Crippen molar-refractivity contribution in [2.75, 3.05) is 26.9 Å². The molecule has 3 nitrogen and oxygen atoms in total. The molecular formula is C16H26BrNO2. The van der Waals surface area contributed by atoms with Gasteiger partial charge in [0.15, 0.2) is 0 Å². The van der Waals surface area contributed by atoms with Gasteiger partial charge in [0, 0.05) is 25.8 Å². The third-order valence-corrected chi connectivity index (χ3v) is 3.53. The highest BCUT2D eigenvalue weighted by Crippen LogP contribution is 2.29. The average Bonchev–Trinajstić information content (AvgIpc) is 2.40. The van der Waals surface area contributed by atoms with Crippen molar-refractivity contribution in [2.45, 2.75) is 33.2 Å². The quantitative estimate of drug-likeness (QED) is 0.651. The van der Waals surface area contributed by atoms with E-state index in [1.807, 2.05) is 12.1 Å². The average molecular weight is 344 g/mol. The van der Waals surface area contributed by atoms with Crippen LogP contribution in [0, 0.1) is 5.92 Å². The van der Waals surface area contributed by atoms with E-state index in [1.165, 1.54) is 5.56 Å². The van der Waals surface area contributed by atoms with E-state index >= 15 is 0 Å². The number of nitrogens with one attached hydrogen (secondary N) is 1. The number of rotatable bonds is 10. The first-order chi connectivity index (χ1) is 9.65. The lowest BCUT2D eigenvalue weighted by atomic mass is 10.2. The smallest absolute Gasteiger partial charge is 0.137 e. The van der Waals surface area contributed by atoms with Crippen LogP contribution in [0.3, 0.4) is 0 Å². The first kappa shape index (κ1) is 17.5. The molecule has 1 aromatic rings. The number of unbranched alkanes of at least 4 members (excludes halogenated alkanes) is 1. The second kappa shape index (κ2) is 10.2. The standard InChI is InChI=1S/C16H26BrNO2/c1-13(2)11-18-12-14-7-6-8-15(17)16(14)20-10-5-4-9-19-3/h6-8,13,18H,4-5,9-12H2,1-3H3. The van der Waals surface area contributed by atoms with Crippen molar-refractivity contribution in [3.05, 3.63) is 28.2 Å². The molecule has 0 saturated heterocycles. The molecule has 0 aliphatic carbocycles. The van der Waals surface area contributed by atoms with Gasteiger partial charge in [-0.3, -0.25) is 0 Å². The van der Waals surface area contributed by atoms with Crippen LogP contribution in [0.5, 0.6) is 5.75 Å². The molecule has 0 aromatic heterocycles. The van der Waals surface area contributed by atoms with Crippen LogP contribution in [0.2, 0.25) is 0 Å². The second-order valence-electron chi connectivity index (χ2n) is 5.30. The summed E-state index contributed by atoms with van der Waals surface area (Å²) in [7, 11) is 1.73. The van der Waals surface area contributed by atoms with Crippen LogP contribution in [0.1, 0.15) is 32.3 Å². The molecule has 0 atom stereocenters. The highest BCUT2D eigenvalue weighted by molar-refractivity contribution is 9.10. The molecule has 1 N–H and O–H groups in total. The molecule has 4 heteroatoms. The van der Waals surface area contributed by atoms with Gasteiger partial charge in [-0.1, -0.05) is 26.0 Å². The molecule has 0 spiro atoms. The van der Waals surface area contributed by atoms with E-state index in [2.05, 4.69) is 41.2 Å². The van der Waals surface area contributed by atoms with Gasteiger partial charge in [0.1, 0.15) is 5.75 Å². The van der Waals surface area contributed by atoms with Crippen LogP contribution in [-0.2, 0) is 11.3 Å². The minimum atomic E-state index is 0.653. The van der Waals surface area contributed by atoms with Crippen molar-refractivity contribution in [3.8, 4) is 5.75 Å².